The molecule has 0 aliphatic heterocycles. The van der Waals surface area contributed by atoms with Gasteiger partial charge in [-0.25, -0.2) is 0 Å². The van der Waals surface area contributed by atoms with Crippen LogP contribution in [0.1, 0.15) is 56.6 Å². The lowest BCUT2D eigenvalue weighted by Gasteiger charge is -2.27. The van der Waals surface area contributed by atoms with E-state index in [2.05, 4.69) is 49.8 Å². The Bertz CT molecular complexity index is 634. The second-order valence-electron chi connectivity index (χ2n) is 5.85. The van der Waals surface area contributed by atoms with Crippen LogP contribution in [0.25, 0.3) is 0 Å². The zero-order valence-electron chi connectivity index (χ0n) is 13.8. The molecule has 1 heterocycles. The fourth-order valence-corrected chi connectivity index (χ4v) is 2.53. The molecule has 0 spiro atoms. The van der Waals surface area contributed by atoms with Crippen LogP contribution in [0.4, 0.5) is 0 Å². The summed E-state index contributed by atoms with van der Waals surface area (Å²) in [4.78, 5) is 2.38. The van der Waals surface area contributed by atoms with Crippen molar-refractivity contribution in [3.63, 3.8) is 0 Å². The van der Waals surface area contributed by atoms with E-state index in [4.69, 9.17) is 5.26 Å². The molecule has 1 atom stereocenters. The Morgan fingerprint density at radius 3 is 2.36 bits per heavy atom. The maximum atomic E-state index is 8.89. The van der Waals surface area contributed by atoms with Crippen LogP contribution < -0.4 is 0 Å². The van der Waals surface area contributed by atoms with Crippen molar-refractivity contribution in [3.05, 3.63) is 53.3 Å². The van der Waals surface area contributed by atoms with E-state index in [1.807, 2.05) is 35.1 Å². The third kappa shape index (κ3) is 3.75. The maximum Gasteiger partial charge on any atom is 0.0991 e. The van der Waals surface area contributed by atoms with E-state index in [0.29, 0.717) is 17.6 Å². The van der Waals surface area contributed by atoms with Crippen molar-refractivity contribution in [2.24, 2.45) is 0 Å². The molecule has 22 heavy (non-hydrogen) atoms. The van der Waals surface area contributed by atoms with Gasteiger partial charge < -0.3 is 0 Å². The molecule has 0 amide bonds. The van der Waals surface area contributed by atoms with Gasteiger partial charge >= 0.3 is 0 Å². The lowest BCUT2D eigenvalue weighted by Crippen LogP contribution is -2.26. The minimum Gasteiger partial charge on any atom is -0.291 e. The van der Waals surface area contributed by atoms with Crippen LogP contribution in [-0.2, 0) is 6.54 Å². The van der Waals surface area contributed by atoms with Gasteiger partial charge in [-0.15, -0.1) is 0 Å². The summed E-state index contributed by atoms with van der Waals surface area (Å²) in [6, 6.07) is 12.8. The summed E-state index contributed by atoms with van der Waals surface area (Å²) in [6.07, 6.45) is 2.04. The lowest BCUT2D eigenvalue weighted by atomic mass is 10.0. The summed E-state index contributed by atoms with van der Waals surface area (Å²) < 4.78 is 2.00. The van der Waals surface area contributed by atoms with E-state index in [1.54, 1.807) is 0 Å². The smallest absolute Gasteiger partial charge is 0.0991 e. The monoisotopic (exact) mass is 296 g/mol. The highest BCUT2D eigenvalue weighted by atomic mass is 15.3. The van der Waals surface area contributed by atoms with Gasteiger partial charge in [-0.05, 0) is 51.1 Å². The number of nitriles is 1. The average Bonchev–Trinajstić information content (AvgIpc) is 3.01. The number of hydrogen-bond acceptors (Lipinski definition) is 3. The van der Waals surface area contributed by atoms with Crippen molar-refractivity contribution in [3.8, 4) is 6.07 Å². The summed E-state index contributed by atoms with van der Waals surface area (Å²) in [5, 5.41) is 13.5. The molecule has 0 aliphatic carbocycles. The fourth-order valence-electron chi connectivity index (χ4n) is 2.53. The molecular weight excluding hydrogens is 272 g/mol. The molecule has 1 aromatic carbocycles. The summed E-state index contributed by atoms with van der Waals surface area (Å²) in [5.74, 6) is 0. The molecule has 0 saturated heterocycles. The molecular formula is C18H24N4. The molecule has 4 heteroatoms. The molecule has 0 saturated carbocycles. The highest BCUT2D eigenvalue weighted by Gasteiger charge is 2.16. The largest absolute Gasteiger partial charge is 0.291 e. The molecule has 0 bridgehead atoms. The number of benzene rings is 1. The summed E-state index contributed by atoms with van der Waals surface area (Å²) in [7, 11) is 0. The van der Waals surface area contributed by atoms with Gasteiger partial charge in [-0.2, -0.15) is 10.4 Å². The van der Waals surface area contributed by atoms with Gasteiger partial charge in [0.1, 0.15) is 0 Å². The Morgan fingerprint density at radius 1 is 1.18 bits per heavy atom. The van der Waals surface area contributed by atoms with Crippen LogP contribution in [0.2, 0.25) is 0 Å². The second kappa shape index (κ2) is 7.24. The first-order chi connectivity index (χ1) is 10.5. The Kier molecular flexibility index (Phi) is 5.35. The number of aromatic nitrogens is 2. The van der Waals surface area contributed by atoms with E-state index >= 15 is 0 Å². The minimum atomic E-state index is 0.293. The average molecular weight is 296 g/mol. The predicted molar refractivity (Wildman–Crippen MR) is 88.3 cm³/mol. The first-order valence-corrected chi connectivity index (χ1v) is 7.83. The Labute approximate surface area is 133 Å². The first-order valence-electron chi connectivity index (χ1n) is 7.83. The fraction of sp³-hybridized carbons (Fsp3) is 0.444. The van der Waals surface area contributed by atoms with Gasteiger partial charge in [-0.1, -0.05) is 19.1 Å². The van der Waals surface area contributed by atoms with Gasteiger partial charge in [0.05, 0.1) is 17.3 Å². The van der Waals surface area contributed by atoms with Gasteiger partial charge in [0.2, 0.25) is 0 Å². The van der Waals surface area contributed by atoms with E-state index in [1.165, 1.54) is 5.56 Å². The third-order valence-corrected chi connectivity index (χ3v) is 4.03. The first kappa shape index (κ1) is 16.3. The molecule has 2 aromatic rings. The topological polar surface area (TPSA) is 44.9 Å². The summed E-state index contributed by atoms with van der Waals surface area (Å²) in [5.41, 5.74) is 3.02. The SMILES string of the molecule is CCN(Cc1ccn(C(C)C)n1)[C@@H](C)c1ccc(C#N)cc1. The number of nitrogens with zero attached hydrogens (tertiary/aromatic N) is 4. The van der Waals surface area contributed by atoms with Crippen molar-refractivity contribution in [1.82, 2.24) is 14.7 Å². The second-order valence-corrected chi connectivity index (χ2v) is 5.85. The van der Waals surface area contributed by atoms with Crippen LogP contribution in [0.15, 0.2) is 36.5 Å². The minimum absolute atomic E-state index is 0.293. The maximum absolute atomic E-state index is 8.89. The van der Waals surface area contributed by atoms with Gasteiger partial charge in [0, 0.05) is 24.8 Å². The lowest BCUT2D eigenvalue weighted by molar-refractivity contribution is 0.209. The van der Waals surface area contributed by atoms with Crippen LogP contribution in [0.3, 0.4) is 0 Å². The van der Waals surface area contributed by atoms with Crippen LogP contribution in [0, 0.1) is 11.3 Å². The van der Waals surface area contributed by atoms with Crippen LogP contribution in [-0.4, -0.2) is 21.2 Å². The van der Waals surface area contributed by atoms with Gasteiger partial charge in [-0.3, -0.25) is 9.58 Å². The zero-order valence-corrected chi connectivity index (χ0v) is 13.8. The molecule has 0 aliphatic rings. The number of hydrogen-bond donors (Lipinski definition) is 0. The molecule has 0 unspecified atom stereocenters. The zero-order chi connectivity index (χ0) is 16.1. The molecule has 0 N–H and O–H groups in total. The standard InChI is InChI=1S/C18H24N4/c1-5-21(13-18-10-11-22(20-18)14(2)3)15(4)17-8-6-16(12-19)7-9-17/h6-11,14-15H,5,13H2,1-4H3/t15-/m0/s1. The molecule has 1 aromatic heterocycles. The molecule has 116 valence electrons. The summed E-state index contributed by atoms with van der Waals surface area (Å²) >= 11 is 0. The van der Waals surface area contributed by atoms with Crippen molar-refractivity contribution in [1.29, 1.82) is 5.26 Å². The highest BCUT2D eigenvalue weighted by molar-refractivity contribution is 5.32. The van der Waals surface area contributed by atoms with E-state index in [0.717, 1.165) is 18.8 Å². The van der Waals surface area contributed by atoms with E-state index < -0.39 is 0 Å². The van der Waals surface area contributed by atoms with Crippen molar-refractivity contribution >= 4 is 0 Å². The van der Waals surface area contributed by atoms with E-state index in [-0.39, 0.29) is 0 Å². The van der Waals surface area contributed by atoms with Gasteiger partial charge in [0.15, 0.2) is 0 Å². The van der Waals surface area contributed by atoms with Gasteiger partial charge in [0.25, 0.3) is 0 Å². The highest BCUT2D eigenvalue weighted by Crippen LogP contribution is 2.22. The Hall–Kier alpha value is -2.12. The third-order valence-electron chi connectivity index (χ3n) is 4.03. The molecule has 0 radical (unpaired) electrons. The van der Waals surface area contributed by atoms with E-state index in [9.17, 15) is 0 Å². The summed E-state index contributed by atoms with van der Waals surface area (Å²) in [6.45, 7) is 10.4. The molecule has 0 fully saturated rings. The van der Waals surface area contributed by atoms with Crippen molar-refractivity contribution in [2.45, 2.75) is 46.3 Å². The van der Waals surface area contributed by atoms with Crippen LogP contribution in [0.5, 0.6) is 0 Å². The van der Waals surface area contributed by atoms with Crippen molar-refractivity contribution < 1.29 is 0 Å². The van der Waals surface area contributed by atoms with Crippen molar-refractivity contribution in [2.75, 3.05) is 6.54 Å². The Balaban J connectivity index is 2.10. The molecule has 4 nitrogen and oxygen atoms in total. The normalized spacial score (nSPS) is 12.6. The quantitative estimate of drug-likeness (QED) is 0.811. The predicted octanol–water partition coefficient (Wildman–Crippen LogP) is 3.92. The Morgan fingerprint density at radius 2 is 1.86 bits per heavy atom. The molecule has 2 rings (SSSR count). The van der Waals surface area contributed by atoms with Crippen LogP contribution >= 0.6 is 0 Å². The number of rotatable bonds is 6.